The molecule has 2 heterocycles. The maximum absolute atomic E-state index is 12.6. The number of halogens is 2. The van der Waals surface area contributed by atoms with Crippen LogP contribution in [0.25, 0.3) is 0 Å². The van der Waals surface area contributed by atoms with Crippen molar-refractivity contribution >= 4 is 46.3 Å². The number of carbonyl (C=O) groups is 1. The molecule has 0 unspecified atom stereocenters. The molecule has 130 valence electrons. The summed E-state index contributed by atoms with van der Waals surface area (Å²) in [6, 6.07) is 14.9. The first-order chi connectivity index (χ1) is 12.6. The molecule has 0 radical (unpaired) electrons. The van der Waals surface area contributed by atoms with Crippen molar-refractivity contribution in [3.63, 3.8) is 0 Å². The van der Waals surface area contributed by atoms with Crippen LogP contribution in [0.3, 0.4) is 0 Å². The van der Waals surface area contributed by atoms with E-state index in [4.69, 9.17) is 23.2 Å². The predicted octanol–water partition coefficient (Wildman–Crippen LogP) is 4.73. The molecule has 4 rings (SSSR count). The van der Waals surface area contributed by atoms with Crippen LogP contribution < -0.4 is 10.2 Å². The molecule has 1 aromatic heterocycles. The van der Waals surface area contributed by atoms with E-state index >= 15 is 0 Å². The Hall–Kier alpha value is -2.63. The Labute approximate surface area is 160 Å². The van der Waals surface area contributed by atoms with E-state index in [0.717, 1.165) is 18.7 Å². The van der Waals surface area contributed by atoms with Crippen molar-refractivity contribution in [1.82, 2.24) is 9.97 Å². The number of nitrogens with one attached hydrogen (secondary N) is 1. The van der Waals surface area contributed by atoms with Crippen LogP contribution in [0.2, 0.25) is 10.0 Å². The van der Waals surface area contributed by atoms with Crippen LogP contribution in [0.15, 0.2) is 54.9 Å². The molecule has 2 aromatic carbocycles. The topological polar surface area (TPSA) is 58.1 Å². The third kappa shape index (κ3) is 3.11. The summed E-state index contributed by atoms with van der Waals surface area (Å²) in [5.41, 5.74) is 3.07. The predicted molar refractivity (Wildman–Crippen MR) is 104 cm³/mol. The third-order valence-corrected chi connectivity index (χ3v) is 5.07. The molecular weight excluding hydrogens is 371 g/mol. The minimum Gasteiger partial charge on any atom is -0.326 e. The van der Waals surface area contributed by atoms with Gasteiger partial charge < -0.3 is 10.2 Å². The Balaban J connectivity index is 1.60. The van der Waals surface area contributed by atoms with Gasteiger partial charge in [0.25, 0.3) is 5.91 Å². The van der Waals surface area contributed by atoms with Crippen LogP contribution in [0, 0.1) is 0 Å². The van der Waals surface area contributed by atoms with Crippen LogP contribution in [0.1, 0.15) is 16.1 Å². The third-order valence-electron chi connectivity index (χ3n) is 4.25. The zero-order valence-electron chi connectivity index (χ0n) is 13.6. The second kappa shape index (κ2) is 6.94. The summed E-state index contributed by atoms with van der Waals surface area (Å²) in [4.78, 5) is 23.1. The lowest BCUT2D eigenvalue weighted by molar-refractivity contribution is 0.102. The molecule has 0 spiro atoms. The largest absolute Gasteiger partial charge is 0.326 e. The lowest BCUT2D eigenvalue weighted by Gasteiger charge is -2.18. The highest BCUT2D eigenvalue weighted by Gasteiger charge is 2.22. The number of hydrogen-bond donors (Lipinski definition) is 1. The summed E-state index contributed by atoms with van der Waals surface area (Å²) >= 11 is 12.1. The molecule has 0 atom stereocenters. The van der Waals surface area contributed by atoms with Gasteiger partial charge in [-0.05, 0) is 30.2 Å². The van der Waals surface area contributed by atoms with Gasteiger partial charge in [0.1, 0.15) is 17.8 Å². The second-order valence-corrected chi connectivity index (χ2v) is 6.63. The molecule has 0 bridgehead atoms. The molecule has 5 nitrogen and oxygen atoms in total. The van der Waals surface area contributed by atoms with E-state index in [9.17, 15) is 4.79 Å². The Bertz CT molecular complexity index is 993. The Morgan fingerprint density at radius 2 is 1.92 bits per heavy atom. The van der Waals surface area contributed by atoms with E-state index in [2.05, 4.69) is 32.3 Å². The van der Waals surface area contributed by atoms with E-state index in [-0.39, 0.29) is 11.6 Å². The minimum atomic E-state index is -0.370. The molecule has 0 fully saturated rings. The number of anilines is 3. The monoisotopic (exact) mass is 384 g/mol. The van der Waals surface area contributed by atoms with Crippen molar-refractivity contribution in [2.24, 2.45) is 0 Å². The fourth-order valence-corrected chi connectivity index (χ4v) is 3.33. The maximum atomic E-state index is 12.6. The van der Waals surface area contributed by atoms with Crippen molar-refractivity contribution in [2.75, 3.05) is 16.8 Å². The quantitative estimate of drug-likeness (QED) is 0.708. The van der Waals surface area contributed by atoms with Crippen molar-refractivity contribution in [3.8, 4) is 0 Å². The van der Waals surface area contributed by atoms with E-state index < -0.39 is 0 Å². The number of fused-ring (bicyclic) bond motifs is 1. The molecule has 0 saturated carbocycles. The Morgan fingerprint density at radius 3 is 2.81 bits per heavy atom. The Morgan fingerprint density at radius 1 is 1.08 bits per heavy atom. The average molecular weight is 385 g/mol. The first kappa shape index (κ1) is 16.8. The smallest absolute Gasteiger partial charge is 0.274 e. The van der Waals surface area contributed by atoms with Gasteiger partial charge in [-0.1, -0.05) is 47.5 Å². The number of aromatic nitrogens is 2. The average Bonchev–Trinajstić information content (AvgIpc) is 3.10. The van der Waals surface area contributed by atoms with Crippen LogP contribution in [0.4, 0.5) is 17.2 Å². The van der Waals surface area contributed by atoms with Gasteiger partial charge in [-0.25, -0.2) is 9.97 Å². The van der Waals surface area contributed by atoms with Crippen molar-refractivity contribution in [1.29, 1.82) is 0 Å². The molecule has 3 aromatic rings. The van der Waals surface area contributed by atoms with E-state index in [1.54, 1.807) is 24.3 Å². The first-order valence-electron chi connectivity index (χ1n) is 8.06. The van der Waals surface area contributed by atoms with Crippen molar-refractivity contribution in [3.05, 3.63) is 76.2 Å². The second-order valence-electron chi connectivity index (χ2n) is 5.85. The van der Waals surface area contributed by atoms with Gasteiger partial charge in [-0.15, -0.1) is 0 Å². The van der Waals surface area contributed by atoms with E-state index in [1.807, 2.05) is 12.1 Å². The molecule has 0 saturated heterocycles. The highest BCUT2D eigenvalue weighted by Crippen LogP contribution is 2.33. The van der Waals surface area contributed by atoms with Crippen LogP contribution >= 0.6 is 23.2 Å². The van der Waals surface area contributed by atoms with Crippen LogP contribution in [-0.4, -0.2) is 22.4 Å². The first-order valence-corrected chi connectivity index (χ1v) is 8.82. The van der Waals surface area contributed by atoms with Gasteiger partial charge in [-0.2, -0.15) is 0 Å². The zero-order valence-corrected chi connectivity index (χ0v) is 15.1. The van der Waals surface area contributed by atoms with Gasteiger partial charge in [0, 0.05) is 18.3 Å². The molecule has 0 aliphatic carbocycles. The van der Waals surface area contributed by atoms with Crippen LogP contribution in [0.5, 0.6) is 0 Å². The standard InChI is InChI=1S/C19H14Cl2N4O/c20-13-5-3-6-14(18(13)21)24-19(26)15-10-17(23-11-22-15)25-9-8-12-4-1-2-7-16(12)25/h1-7,10-11H,8-9H2,(H,24,26). The maximum Gasteiger partial charge on any atom is 0.274 e. The molecular formula is C19H14Cl2N4O. The number of carbonyl (C=O) groups excluding carboxylic acids is 1. The summed E-state index contributed by atoms with van der Waals surface area (Å²) in [6.45, 7) is 0.817. The van der Waals surface area contributed by atoms with Crippen molar-refractivity contribution < 1.29 is 4.79 Å². The summed E-state index contributed by atoms with van der Waals surface area (Å²) in [5, 5.41) is 3.41. The summed E-state index contributed by atoms with van der Waals surface area (Å²) in [6.07, 6.45) is 2.34. The molecule has 1 amide bonds. The van der Waals surface area contributed by atoms with Gasteiger partial charge in [-0.3, -0.25) is 4.79 Å². The number of nitrogens with zero attached hydrogens (tertiary/aromatic N) is 3. The molecule has 1 aliphatic rings. The highest BCUT2D eigenvalue weighted by molar-refractivity contribution is 6.44. The summed E-state index contributed by atoms with van der Waals surface area (Å²) < 4.78 is 0. The SMILES string of the molecule is O=C(Nc1cccc(Cl)c1Cl)c1cc(N2CCc3ccccc32)ncn1. The Kier molecular flexibility index (Phi) is 4.49. The normalized spacial score (nSPS) is 12.8. The number of para-hydroxylation sites is 1. The summed E-state index contributed by atoms with van der Waals surface area (Å²) in [5.74, 6) is 0.317. The fraction of sp³-hybridized carbons (Fsp3) is 0.105. The number of hydrogen-bond acceptors (Lipinski definition) is 4. The van der Waals surface area contributed by atoms with E-state index in [1.165, 1.54) is 11.9 Å². The highest BCUT2D eigenvalue weighted by atomic mass is 35.5. The molecule has 26 heavy (non-hydrogen) atoms. The molecule has 1 N–H and O–H groups in total. The summed E-state index contributed by atoms with van der Waals surface area (Å²) in [7, 11) is 0. The number of amides is 1. The van der Waals surface area contributed by atoms with Gasteiger partial charge in [0.05, 0.1) is 15.7 Å². The molecule has 7 heteroatoms. The van der Waals surface area contributed by atoms with Gasteiger partial charge in [0.15, 0.2) is 0 Å². The van der Waals surface area contributed by atoms with E-state index in [0.29, 0.717) is 21.6 Å². The minimum absolute atomic E-state index is 0.260. The number of benzene rings is 2. The zero-order chi connectivity index (χ0) is 18.1. The fourth-order valence-electron chi connectivity index (χ4n) is 2.98. The van der Waals surface area contributed by atoms with Crippen molar-refractivity contribution in [2.45, 2.75) is 6.42 Å². The van der Waals surface area contributed by atoms with Crippen LogP contribution in [-0.2, 0) is 6.42 Å². The molecule has 1 aliphatic heterocycles. The van der Waals surface area contributed by atoms with Gasteiger partial charge in [0.2, 0.25) is 0 Å². The van der Waals surface area contributed by atoms with Gasteiger partial charge >= 0.3 is 0 Å². The lowest BCUT2D eigenvalue weighted by Crippen LogP contribution is -2.18. The number of rotatable bonds is 3. The lowest BCUT2D eigenvalue weighted by atomic mass is 10.2.